The van der Waals surface area contributed by atoms with Gasteiger partial charge in [-0.3, -0.25) is 0 Å². The van der Waals surface area contributed by atoms with Crippen molar-refractivity contribution in [1.82, 2.24) is 0 Å². The van der Waals surface area contributed by atoms with E-state index in [2.05, 4.69) is 20.1 Å². The van der Waals surface area contributed by atoms with Crippen molar-refractivity contribution < 1.29 is 9.50 Å². The number of azide groups is 2. The first-order valence-electron chi connectivity index (χ1n) is 8.23. The van der Waals surface area contributed by atoms with Crippen LogP contribution in [0.2, 0.25) is 0 Å². The zero-order valence-electron chi connectivity index (χ0n) is 13.9. The molecular weight excluding hydrogens is 335 g/mol. The highest BCUT2D eigenvalue weighted by atomic mass is 19.1. The van der Waals surface area contributed by atoms with E-state index in [4.69, 9.17) is 11.1 Å². The van der Waals surface area contributed by atoms with E-state index in [1.165, 1.54) is 12.1 Å². The first kappa shape index (κ1) is 17.8. The summed E-state index contributed by atoms with van der Waals surface area (Å²) >= 11 is 0. The van der Waals surface area contributed by atoms with Gasteiger partial charge in [0.25, 0.3) is 0 Å². The molecule has 0 aliphatic heterocycles. The molecule has 2 aromatic rings. The molecule has 132 valence electrons. The van der Waals surface area contributed by atoms with Crippen molar-refractivity contribution >= 4 is 0 Å². The molecule has 3 atom stereocenters. The van der Waals surface area contributed by atoms with Gasteiger partial charge in [-0.25, -0.2) is 4.39 Å². The van der Waals surface area contributed by atoms with Gasteiger partial charge in [0.05, 0.1) is 18.7 Å². The van der Waals surface area contributed by atoms with Gasteiger partial charge < -0.3 is 5.11 Å². The van der Waals surface area contributed by atoms with Gasteiger partial charge in [-0.05, 0) is 64.2 Å². The third kappa shape index (κ3) is 3.63. The topological polar surface area (TPSA) is 118 Å². The van der Waals surface area contributed by atoms with E-state index in [0.717, 1.165) is 16.7 Å². The van der Waals surface area contributed by atoms with Crippen LogP contribution in [-0.2, 0) is 6.42 Å². The third-order valence-electron chi connectivity index (χ3n) is 4.70. The Bertz CT molecular complexity index is 904. The van der Waals surface area contributed by atoms with Crippen molar-refractivity contribution in [3.8, 4) is 0 Å². The fraction of sp³-hybridized carbons (Fsp3) is 0.333. The maximum atomic E-state index is 13.9. The van der Waals surface area contributed by atoms with E-state index in [-0.39, 0.29) is 18.9 Å². The SMILES string of the molecule is [N-]=[N+]=NC[C@H](O)C[C@@H]1c2ccccc2Cc2ccc(F)cc2[C@@H]1N=[N+]=[N-]. The largest absolute Gasteiger partial charge is 0.393 e. The summed E-state index contributed by atoms with van der Waals surface area (Å²) < 4.78 is 13.9. The highest BCUT2D eigenvalue weighted by molar-refractivity contribution is 5.45. The van der Waals surface area contributed by atoms with E-state index in [0.29, 0.717) is 12.0 Å². The molecule has 0 aromatic heterocycles. The number of aliphatic hydroxyl groups excluding tert-OH is 1. The van der Waals surface area contributed by atoms with Crippen LogP contribution in [0, 0.1) is 5.82 Å². The van der Waals surface area contributed by atoms with Crippen molar-refractivity contribution in [2.75, 3.05) is 6.54 Å². The van der Waals surface area contributed by atoms with Crippen LogP contribution in [0.3, 0.4) is 0 Å². The molecule has 0 unspecified atom stereocenters. The molecule has 0 bridgehead atoms. The first-order chi connectivity index (χ1) is 12.6. The van der Waals surface area contributed by atoms with Crippen LogP contribution in [0.4, 0.5) is 4.39 Å². The summed E-state index contributed by atoms with van der Waals surface area (Å²) in [5.41, 5.74) is 21.0. The lowest BCUT2D eigenvalue weighted by Crippen LogP contribution is -2.19. The zero-order chi connectivity index (χ0) is 18.5. The molecule has 0 fully saturated rings. The molecule has 8 heteroatoms. The highest BCUT2D eigenvalue weighted by Gasteiger charge is 2.32. The number of fused-ring (bicyclic) bond motifs is 2. The highest BCUT2D eigenvalue weighted by Crippen LogP contribution is 2.44. The molecule has 0 saturated heterocycles. The van der Waals surface area contributed by atoms with Gasteiger partial charge in [-0.2, -0.15) is 0 Å². The van der Waals surface area contributed by atoms with Gasteiger partial charge in [0.2, 0.25) is 0 Å². The van der Waals surface area contributed by atoms with E-state index >= 15 is 0 Å². The predicted octanol–water partition coefficient (Wildman–Crippen LogP) is 4.93. The second-order valence-electron chi connectivity index (χ2n) is 6.28. The molecule has 0 amide bonds. The lowest BCUT2D eigenvalue weighted by atomic mass is 9.83. The van der Waals surface area contributed by atoms with Crippen LogP contribution < -0.4 is 0 Å². The fourth-order valence-corrected chi connectivity index (χ4v) is 3.60. The molecular formula is C18H17FN6O. The Hall–Kier alpha value is -3.05. The molecule has 26 heavy (non-hydrogen) atoms. The maximum absolute atomic E-state index is 13.9. The monoisotopic (exact) mass is 352 g/mol. The van der Waals surface area contributed by atoms with Gasteiger partial charge in [-0.1, -0.05) is 40.6 Å². The van der Waals surface area contributed by atoms with E-state index in [1.54, 1.807) is 6.07 Å². The van der Waals surface area contributed by atoms with Gasteiger partial charge >= 0.3 is 0 Å². The Morgan fingerprint density at radius 1 is 1.12 bits per heavy atom. The smallest absolute Gasteiger partial charge is 0.123 e. The second kappa shape index (κ2) is 7.89. The van der Waals surface area contributed by atoms with Gasteiger partial charge in [0.1, 0.15) is 5.82 Å². The molecule has 0 radical (unpaired) electrons. The normalized spacial score (nSPS) is 19.2. The standard InChI is InChI=1S/C18H17FN6O/c19-13-6-5-12-7-11-3-1-2-4-15(11)17(9-14(26)10-22-24-20)18(23-25-21)16(12)8-13/h1-6,8,14,17-18,26H,7,9-10H2/t14-,17-,18+/m1/s1. The molecule has 1 aliphatic carbocycles. The number of rotatable bonds is 5. The van der Waals surface area contributed by atoms with Crippen molar-refractivity contribution in [1.29, 1.82) is 0 Å². The first-order valence-corrected chi connectivity index (χ1v) is 8.23. The van der Waals surface area contributed by atoms with Gasteiger partial charge in [-0.15, -0.1) is 0 Å². The summed E-state index contributed by atoms with van der Waals surface area (Å²) in [4.78, 5) is 5.63. The van der Waals surface area contributed by atoms with Crippen LogP contribution in [0.5, 0.6) is 0 Å². The number of hydrogen-bond donors (Lipinski definition) is 1. The fourth-order valence-electron chi connectivity index (χ4n) is 3.60. The molecule has 2 aromatic carbocycles. The van der Waals surface area contributed by atoms with Crippen molar-refractivity contribution in [3.63, 3.8) is 0 Å². The maximum Gasteiger partial charge on any atom is 0.123 e. The Morgan fingerprint density at radius 3 is 2.65 bits per heavy atom. The molecule has 1 aliphatic rings. The molecule has 0 spiro atoms. The van der Waals surface area contributed by atoms with E-state index in [9.17, 15) is 9.50 Å². The van der Waals surface area contributed by atoms with Crippen LogP contribution >= 0.6 is 0 Å². The van der Waals surface area contributed by atoms with E-state index in [1.807, 2.05) is 24.3 Å². The molecule has 1 N–H and O–H groups in total. The Labute approximate surface area is 149 Å². The van der Waals surface area contributed by atoms with Gasteiger partial charge in [0, 0.05) is 9.82 Å². The summed E-state index contributed by atoms with van der Waals surface area (Å²) in [6, 6.07) is 11.6. The minimum absolute atomic E-state index is 0.0752. The average Bonchev–Trinajstić information content (AvgIpc) is 2.76. The Balaban J connectivity index is 2.13. The number of halogens is 1. The van der Waals surface area contributed by atoms with Gasteiger partial charge in [0.15, 0.2) is 0 Å². The number of hydrogen-bond acceptors (Lipinski definition) is 3. The minimum Gasteiger partial charge on any atom is -0.393 e. The zero-order valence-corrected chi connectivity index (χ0v) is 13.9. The van der Waals surface area contributed by atoms with E-state index < -0.39 is 18.0 Å². The summed E-state index contributed by atoms with van der Waals surface area (Å²) in [7, 11) is 0. The van der Waals surface area contributed by atoms with Crippen LogP contribution in [0.15, 0.2) is 52.7 Å². The minimum atomic E-state index is -0.893. The Morgan fingerprint density at radius 2 is 1.88 bits per heavy atom. The molecule has 3 rings (SSSR count). The van der Waals surface area contributed by atoms with Crippen molar-refractivity contribution in [2.24, 2.45) is 10.2 Å². The van der Waals surface area contributed by atoms with Crippen LogP contribution in [-0.4, -0.2) is 17.8 Å². The predicted molar refractivity (Wildman–Crippen MR) is 94.9 cm³/mol. The summed E-state index contributed by atoms with van der Waals surface area (Å²) in [5, 5.41) is 17.6. The Kier molecular flexibility index (Phi) is 5.39. The summed E-state index contributed by atoms with van der Waals surface area (Å²) in [6.07, 6.45) is -0.0718. The van der Waals surface area contributed by atoms with Crippen LogP contribution in [0.25, 0.3) is 20.9 Å². The number of benzene rings is 2. The quantitative estimate of drug-likeness (QED) is 0.458. The number of aliphatic hydroxyl groups is 1. The lowest BCUT2D eigenvalue weighted by molar-refractivity contribution is 0.158. The summed E-state index contributed by atoms with van der Waals surface area (Å²) in [5.74, 6) is -0.754. The van der Waals surface area contributed by atoms with Crippen molar-refractivity contribution in [2.45, 2.75) is 30.9 Å². The molecule has 7 nitrogen and oxygen atoms in total. The van der Waals surface area contributed by atoms with Crippen LogP contribution in [0.1, 0.15) is 40.6 Å². The second-order valence-corrected chi connectivity index (χ2v) is 6.28. The average molecular weight is 352 g/mol. The molecule has 0 heterocycles. The lowest BCUT2D eigenvalue weighted by Gasteiger charge is -2.26. The summed E-state index contributed by atoms with van der Waals surface area (Å²) in [6.45, 7) is -0.0752. The third-order valence-corrected chi connectivity index (χ3v) is 4.70. The molecule has 0 saturated carbocycles. The van der Waals surface area contributed by atoms with Crippen molar-refractivity contribution in [3.05, 3.63) is 91.4 Å². The number of nitrogens with zero attached hydrogens (tertiary/aromatic N) is 6.